The van der Waals surface area contributed by atoms with Crippen molar-refractivity contribution in [1.82, 2.24) is 4.90 Å². The number of nitrogens with zero attached hydrogens (tertiary/aromatic N) is 1. The fourth-order valence-corrected chi connectivity index (χ4v) is 2.04. The number of hydrogen-bond acceptors (Lipinski definition) is 3. The quantitative estimate of drug-likeness (QED) is 0.753. The van der Waals surface area contributed by atoms with Crippen molar-refractivity contribution in [3.8, 4) is 0 Å². The molecule has 3 N–H and O–H groups in total. The molecule has 0 saturated carbocycles. The van der Waals surface area contributed by atoms with Crippen molar-refractivity contribution in [2.45, 2.75) is 32.9 Å². The molecule has 5 heteroatoms. The van der Waals surface area contributed by atoms with Crippen LogP contribution in [-0.4, -0.2) is 34.2 Å². The van der Waals surface area contributed by atoms with Crippen LogP contribution in [0.1, 0.15) is 31.4 Å². The van der Waals surface area contributed by atoms with Crippen molar-refractivity contribution in [3.05, 3.63) is 35.1 Å². The third-order valence-electron chi connectivity index (χ3n) is 3.02. The van der Waals surface area contributed by atoms with Crippen molar-refractivity contribution < 1.29 is 9.50 Å². The zero-order valence-corrected chi connectivity index (χ0v) is 12.2. The second kappa shape index (κ2) is 7.53. The third kappa shape index (κ3) is 4.86. The summed E-state index contributed by atoms with van der Waals surface area (Å²) >= 11 is 4.84. The van der Waals surface area contributed by atoms with E-state index in [-0.39, 0.29) is 17.4 Å². The number of thiocarbonyl (C=S) groups is 1. The van der Waals surface area contributed by atoms with Crippen LogP contribution in [0, 0.1) is 5.82 Å². The highest BCUT2D eigenvalue weighted by Crippen LogP contribution is 2.14. The van der Waals surface area contributed by atoms with Gasteiger partial charge >= 0.3 is 0 Å². The Morgan fingerprint density at radius 3 is 2.68 bits per heavy atom. The van der Waals surface area contributed by atoms with Crippen molar-refractivity contribution in [2.24, 2.45) is 5.73 Å². The zero-order chi connectivity index (χ0) is 14.4. The zero-order valence-electron chi connectivity index (χ0n) is 11.4. The summed E-state index contributed by atoms with van der Waals surface area (Å²) in [5.41, 5.74) is 6.76. The average Bonchev–Trinajstić information content (AvgIpc) is 2.35. The molecule has 1 aromatic carbocycles. The van der Waals surface area contributed by atoms with Crippen LogP contribution in [-0.2, 0) is 6.54 Å². The topological polar surface area (TPSA) is 49.5 Å². The molecule has 3 nitrogen and oxygen atoms in total. The van der Waals surface area contributed by atoms with Crippen molar-refractivity contribution in [1.29, 1.82) is 0 Å². The van der Waals surface area contributed by atoms with Gasteiger partial charge in [0.2, 0.25) is 0 Å². The lowest BCUT2D eigenvalue weighted by Gasteiger charge is -2.26. The van der Waals surface area contributed by atoms with Crippen LogP contribution >= 0.6 is 12.2 Å². The summed E-state index contributed by atoms with van der Waals surface area (Å²) in [6, 6.07) is 5.19. The molecule has 1 aromatic rings. The van der Waals surface area contributed by atoms with Gasteiger partial charge in [-0.05, 0) is 38.0 Å². The van der Waals surface area contributed by atoms with E-state index in [1.807, 2.05) is 0 Å². The number of halogens is 1. The Morgan fingerprint density at radius 2 is 2.16 bits per heavy atom. The van der Waals surface area contributed by atoms with Gasteiger partial charge in [-0.2, -0.15) is 0 Å². The number of aliphatic hydroxyl groups excluding tert-OH is 1. The molecule has 0 aromatic heterocycles. The lowest BCUT2D eigenvalue weighted by molar-refractivity contribution is 0.185. The average molecular weight is 284 g/mol. The van der Waals surface area contributed by atoms with Crippen molar-refractivity contribution in [3.63, 3.8) is 0 Å². The maximum Gasteiger partial charge on any atom is 0.133 e. The first-order valence-electron chi connectivity index (χ1n) is 6.38. The first-order valence-corrected chi connectivity index (χ1v) is 6.79. The molecule has 0 heterocycles. The van der Waals surface area contributed by atoms with Gasteiger partial charge in [-0.25, -0.2) is 4.39 Å². The first-order chi connectivity index (χ1) is 8.95. The van der Waals surface area contributed by atoms with Gasteiger partial charge in [0.15, 0.2) is 0 Å². The second-order valence-corrected chi connectivity index (χ2v) is 5.26. The molecule has 0 unspecified atom stereocenters. The normalized spacial score (nSPS) is 11.3. The standard InChI is InChI=1S/C14H21FN2OS/c1-10(2)17(6-3-7-18)9-11-4-5-13(15)12(8-11)14(16)19/h4-5,8,10,18H,3,6-7,9H2,1-2H3,(H2,16,19). The smallest absolute Gasteiger partial charge is 0.133 e. The predicted molar refractivity (Wildman–Crippen MR) is 79.5 cm³/mol. The van der Waals surface area contributed by atoms with E-state index in [1.165, 1.54) is 6.07 Å². The second-order valence-electron chi connectivity index (χ2n) is 4.82. The van der Waals surface area contributed by atoms with Crippen LogP contribution in [0.5, 0.6) is 0 Å². The Balaban J connectivity index is 2.84. The molecule has 19 heavy (non-hydrogen) atoms. The Hall–Kier alpha value is -1.04. The summed E-state index contributed by atoms with van der Waals surface area (Å²) in [6.45, 7) is 5.84. The molecule has 106 valence electrons. The largest absolute Gasteiger partial charge is 0.396 e. The minimum Gasteiger partial charge on any atom is -0.396 e. The minimum atomic E-state index is -0.386. The molecule has 0 fully saturated rings. The number of benzene rings is 1. The van der Waals surface area contributed by atoms with Crippen LogP contribution in [0.3, 0.4) is 0 Å². The van der Waals surface area contributed by atoms with Crippen LogP contribution in [0.4, 0.5) is 4.39 Å². The van der Waals surface area contributed by atoms with Crippen LogP contribution in [0.15, 0.2) is 18.2 Å². The van der Waals surface area contributed by atoms with Crippen LogP contribution in [0.2, 0.25) is 0 Å². The molecule has 0 bridgehead atoms. The van der Waals surface area contributed by atoms with E-state index >= 15 is 0 Å². The highest BCUT2D eigenvalue weighted by molar-refractivity contribution is 7.80. The minimum absolute atomic E-state index is 0.0748. The van der Waals surface area contributed by atoms with Gasteiger partial charge in [0.1, 0.15) is 10.8 Å². The van der Waals surface area contributed by atoms with Gasteiger partial charge in [-0.15, -0.1) is 0 Å². The van der Waals surface area contributed by atoms with Gasteiger partial charge in [-0.3, -0.25) is 4.90 Å². The molecular formula is C14H21FN2OS. The SMILES string of the molecule is CC(C)N(CCCO)Cc1ccc(F)c(C(N)=S)c1. The molecule has 0 atom stereocenters. The maximum absolute atomic E-state index is 13.5. The summed E-state index contributed by atoms with van der Waals surface area (Å²) in [7, 11) is 0. The van der Waals surface area contributed by atoms with E-state index in [0.29, 0.717) is 18.2 Å². The predicted octanol–water partition coefficient (Wildman–Crippen LogP) is 2.05. The lowest BCUT2D eigenvalue weighted by atomic mass is 10.1. The monoisotopic (exact) mass is 284 g/mol. The summed E-state index contributed by atoms with van der Waals surface area (Å²) in [5, 5.41) is 8.91. The van der Waals surface area contributed by atoms with Gasteiger partial charge in [0.25, 0.3) is 0 Å². The highest BCUT2D eigenvalue weighted by Gasteiger charge is 2.12. The van der Waals surface area contributed by atoms with Crippen LogP contribution < -0.4 is 5.73 Å². The summed E-state index contributed by atoms with van der Waals surface area (Å²) in [4.78, 5) is 2.29. The summed E-state index contributed by atoms with van der Waals surface area (Å²) < 4.78 is 13.5. The Kier molecular flexibility index (Phi) is 6.34. The van der Waals surface area contributed by atoms with Gasteiger partial charge < -0.3 is 10.8 Å². The van der Waals surface area contributed by atoms with E-state index in [9.17, 15) is 4.39 Å². The molecule has 0 spiro atoms. The number of aliphatic hydroxyl groups is 1. The Labute approximate surface area is 119 Å². The third-order valence-corrected chi connectivity index (χ3v) is 3.24. The Morgan fingerprint density at radius 1 is 1.47 bits per heavy atom. The first kappa shape index (κ1) is 16.0. The van der Waals surface area contributed by atoms with E-state index in [0.717, 1.165) is 18.5 Å². The lowest BCUT2D eigenvalue weighted by Crippen LogP contribution is -2.31. The summed E-state index contributed by atoms with van der Waals surface area (Å²) in [6.07, 6.45) is 0.724. The molecule has 0 radical (unpaired) electrons. The highest BCUT2D eigenvalue weighted by atomic mass is 32.1. The maximum atomic E-state index is 13.5. The number of nitrogens with two attached hydrogens (primary N) is 1. The van der Waals surface area contributed by atoms with E-state index < -0.39 is 0 Å². The molecule has 0 saturated heterocycles. The fourth-order valence-electron chi connectivity index (χ4n) is 1.89. The van der Waals surface area contributed by atoms with E-state index in [1.54, 1.807) is 12.1 Å². The molecule has 0 aliphatic carbocycles. The molecule has 0 aliphatic heterocycles. The molecule has 1 rings (SSSR count). The van der Waals surface area contributed by atoms with Gasteiger partial charge in [0, 0.05) is 31.3 Å². The summed E-state index contributed by atoms with van der Waals surface area (Å²) in [5.74, 6) is -0.386. The van der Waals surface area contributed by atoms with Gasteiger partial charge in [-0.1, -0.05) is 18.3 Å². The van der Waals surface area contributed by atoms with Crippen molar-refractivity contribution >= 4 is 17.2 Å². The molecule has 0 amide bonds. The number of hydrogen-bond donors (Lipinski definition) is 2. The number of rotatable bonds is 7. The molecule has 0 aliphatic rings. The Bertz CT molecular complexity index is 437. The molecular weight excluding hydrogens is 263 g/mol. The van der Waals surface area contributed by atoms with Gasteiger partial charge in [0.05, 0.1) is 0 Å². The van der Waals surface area contributed by atoms with E-state index in [4.69, 9.17) is 23.1 Å². The van der Waals surface area contributed by atoms with Crippen molar-refractivity contribution in [2.75, 3.05) is 13.2 Å². The fraction of sp³-hybridized carbons (Fsp3) is 0.500. The van der Waals surface area contributed by atoms with Crippen LogP contribution in [0.25, 0.3) is 0 Å². The van der Waals surface area contributed by atoms with E-state index in [2.05, 4.69) is 18.7 Å².